The van der Waals surface area contributed by atoms with E-state index in [-0.39, 0.29) is 0 Å². The van der Waals surface area contributed by atoms with Crippen LogP contribution in [0.4, 0.5) is 5.69 Å². The van der Waals surface area contributed by atoms with Crippen molar-refractivity contribution in [3.05, 3.63) is 48.3 Å². The van der Waals surface area contributed by atoms with Crippen LogP contribution in [-0.2, 0) is 13.0 Å². The van der Waals surface area contributed by atoms with Crippen molar-refractivity contribution in [2.45, 2.75) is 51.6 Å². The number of unbranched alkanes of at least 4 members (excludes halogenated alkanes) is 2. The Kier molecular flexibility index (Phi) is 4.59. The molecular weight excluding hydrogens is 258 g/mol. The third-order valence-electron chi connectivity index (χ3n) is 4.51. The second-order valence-corrected chi connectivity index (χ2v) is 6.04. The van der Waals surface area contributed by atoms with Gasteiger partial charge in [-0.15, -0.1) is 0 Å². The molecule has 21 heavy (non-hydrogen) atoms. The van der Waals surface area contributed by atoms with Crippen molar-refractivity contribution in [3.63, 3.8) is 0 Å². The van der Waals surface area contributed by atoms with Gasteiger partial charge in [-0.05, 0) is 56.7 Å². The highest BCUT2D eigenvalue weighted by molar-refractivity contribution is 5.56. The van der Waals surface area contributed by atoms with E-state index in [9.17, 15) is 0 Å². The first kappa shape index (κ1) is 14.2. The van der Waals surface area contributed by atoms with Crippen molar-refractivity contribution in [2.75, 3.05) is 11.4 Å². The van der Waals surface area contributed by atoms with Gasteiger partial charge in [0.05, 0.1) is 0 Å². The maximum atomic E-state index is 4.25. The minimum Gasteiger partial charge on any atom is -0.369 e. The maximum absolute atomic E-state index is 4.25. The van der Waals surface area contributed by atoms with Gasteiger partial charge in [0.15, 0.2) is 0 Å². The fraction of sp³-hybridized carbons (Fsp3) is 0.500. The number of rotatable bonds is 6. The first-order valence-corrected chi connectivity index (χ1v) is 8.16. The molecule has 3 rings (SSSR count). The molecule has 0 N–H and O–H groups in total. The van der Waals surface area contributed by atoms with Gasteiger partial charge in [-0.1, -0.05) is 18.2 Å². The van der Waals surface area contributed by atoms with Crippen LogP contribution >= 0.6 is 0 Å². The largest absolute Gasteiger partial charge is 0.369 e. The third kappa shape index (κ3) is 3.46. The summed E-state index contributed by atoms with van der Waals surface area (Å²) in [6, 6.07) is 11.6. The molecule has 2 aromatic rings. The monoisotopic (exact) mass is 283 g/mol. The number of fused-ring (bicyclic) bond motifs is 1. The Morgan fingerprint density at radius 2 is 1.95 bits per heavy atom. The summed E-state index contributed by atoms with van der Waals surface area (Å²) in [6.07, 6.45) is 10.2. The summed E-state index contributed by atoms with van der Waals surface area (Å²) >= 11 is 0. The number of hydrogen-bond donors (Lipinski definition) is 0. The minimum absolute atomic E-state index is 0.672. The van der Waals surface area contributed by atoms with Crippen molar-refractivity contribution in [2.24, 2.45) is 0 Å². The van der Waals surface area contributed by atoms with E-state index < -0.39 is 0 Å². The van der Waals surface area contributed by atoms with E-state index in [1.807, 2.05) is 23.1 Å². The molecule has 1 unspecified atom stereocenters. The Balaban J connectivity index is 1.48. The van der Waals surface area contributed by atoms with Gasteiger partial charge in [-0.2, -0.15) is 5.10 Å². The zero-order valence-corrected chi connectivity index (χ0v) is 12.9. The van der Waals surface area contributed by atoms with Gasteiger partial charge in [0, 0.05) is 37.2 Å². The first-order chi connectivity index (χ1) is 10.3. The summed E-state index contributed by atoms with van der Waals surface area (Å²) in [5, 5.41) is 4.25. The van der Waals surface area contributed by atoms with Crippen molar-refractivity contribution in [1.29, 1.82) is 0 Å². The van der Waals surface area contributed by atoms with Crippen molar-refractivity contribution in [3.8, 4) is 0 Å². The minimum atomic E-state index is 0.672. The Bertz CT molecular complexity index is 547. The van der Waals surface area contributed by atoms with Gasteiger partial charge in [-0.3, -0.25) is 4.68 Å². The predicted molar refractivity (Wildman–Crippen MR) is 87.6 cm³/mol. The molecule has 1 atom stereocenters. The summed E-state index contributed by atoms with van der Waals surface area (Å²) in [5.74, 6) is 0. The lowest BCUT2D eigenvalue weighted by Gasteiger charge is -2.37. The fourth-order valence-corrected chi connectivity index (χ4v) is 3.27. The van der Waals surface area contributed by atoms with Crippen LogP contribution in [0.15, 0.2) is 42.7 Å². The summed E-state index contributed by atoms with van der Waals surface area (Å²) in [6.45, 7) is 4.58. The van der Waals surface area contributed by atoms with Crippen LogP contribution in [-0.4, -0.2) is 22.4 Å². The number of hydrogen-bond acceptors (Lipinski definition) is 2. The van der Waals surface area contributed by atoms with Crippen molar-refractivity contribution in [1.82, 2.24) is 9.78 Å². The molecule has 1 aliphatic heterocycles. The van der Waals surface area contributed by atoms with Crippen LogP contribution in [0.2, 0.25) is 0 Å². The maximum Gasteiger partial charge on any atom is 0.0489 e. The molecule has 1 aliphatic rings. The summed E-state index contributed by atoms with van der Waals surface area (Å²) in [4.78, 5) is 2.60. The lowest BCUT2D eigenvalue weighted by molar-refractivity contribution is 0.513. The number of nitrogens with zero attached hydrogens (tertiary/aromatic N) is 3. The molecule has 3 heteroatoms. The molecule has 0 amide bonds. The molecule has 0 fully saturated rings. The molecule has 1 aromatic heterocycles. The van der Waals surface area contributed by atoms with Crippen LogP contribution in [0.1, 0.15) is 38.2 Å². The number of aryl methyl sites for hydroxylation is 2. The molecule has 112 valence electrons. The lowest BCUT2D eigenvalue weighted by Crippen LogP contribution is -2.38. The lowest BCUT2D eigenvalue weighted by atomic mass is 9.96. The molecule has 0 radical (unpaired) electrons. The quantitative estimate of drug-likeness (QED) is 0.750. The molecule has 0 saturated carbocycles. The number of para-hydroxylation sites is 1. The smallest absolute Gasteiger partial charge is 0.0489 e. The van der Waals surface area contributed by atoms with Gasteiger partial charge >= 0.3 is 0 Å². The van der Waals surface area contributed by atoms with E-state index in [2.05, 4.69) is 41.2 Å². The normalized spacial score (nSPS) is 17.8. The summed E-state index contributed by atoms with van der Waals surface area (Å²) in [7, 11) is 0. The van der Waals surface area contributed by atoms with E-state index in [4.69, 9.17) is 0 Å². The van der Waals surface area contributed by atoms with Crippen LogP contribution in [0.25, 0.3) is 0 Å². The molecule has 3 nitrogen and oxygen atoms in total. The van der Waals surface area contributed by atoms with Gasteiger partial charge in [0.1, 0.15) is 0 Å². The van der Waals surface area contributed by atoms with Gasteiger partial charge in [0.2, 0.25) is 0 Å². The second-order valence-electron chi connectivity index (χ2n) is 6.04. The summed E-state index contributed by atoms with van der Waals surface area (Å²) in [5.41, 5.74) is 2.98. The number of benzene rings is 1. The molecule has 2 heterocycles. The Hall–Kier alpha value is -1.77. The fourth-order valence-electron chi connectivity index (χ4n) is 3.27. The SMILES string of the molecule is CC1CCc2ccccc2N1CCCCCn1cccn1. The zero-order chi connectivity index (χ0) is 14.5. The van der Waals surface area contributed by atoms with E-state index in [1.54, 1.807) is 0 Å². The molecule has 0 bridgehead atoms. The van der Waals surface area contributed by atoms with Gasteiger partial charge in [-0.25, -0.2) is 0 Å². The average molecular weight is 283 g/mol. The number of anilines is 1. The Morgan fingerprint density at radius 1 is 1.10 bits per heavy atom. The van der Waals surface area contributed by atoms with Crippen LogP contribution < -0.4 is 4.90 Å². The van der Waals surface area contributed by atoms with Crippen LogP contribution in [0.5, 0.6) is 0 Å². The second kappa shape index (κ2) is 6.79. The molecular formula is C18H25N3. The van der Waals surface area contributed by atoms with Crippen molar-refractivity contribution < 1.29 is 0 Å². The highest BCUT2D eigenvalue weighted by atomic mass is 15.3. The van der Waals surface area contributed by atoms with Crippen LogP contribution in [0, 0.1) is 0 Å². The first-order valence-electron chi connectivity index (χ1n) is 8.16. The van der Waals surface area contributed by atoms with E-state index >= 15 is 0 Å². The van der Waals surface area contributed by atoms with Gasteiger partial charge < -0.3 is 4.90 Å². The zero-order valence-electron chi connectivity index (χ0n) is 12.9. The predicted octanol–water partition coefficient (Wildman–Crippen LogP) is 3.89. The van der Waals surface area contributed by atoms with Crippen LogP contribution in [0.3, 0.4) is 0 Å². The topological polar surface area (TPSA) is 21.1 Å². The average Bonchev–Trinajstić information content (AvgIpc) is 3.02. The Labute approximate surface area is 127 Å². The van der Waals surface area contributed by atoms with Crippen molar-refractivity contribution >= 4 is 5.69 Å². The van der Waals surface area contributed by atoms with Gasteiger partial charge in [0.25, 0.3) is 0 Å². The highest BCUT2D eigenvalue weighted by Gasteiger charge is 2.21. The highest BCUT2D eigenvalue weighted by Crippen LogP contribution is 2.30. The number of aromatic nitrogens is 2. The van der Waals surface area contributed by atoms with E-state index in [0.717, 1.165) is 6.54 Å². The van der Waals surface area contributed by atoms with E-state index in [0.29, 0.717) is 6.04 Å². The molecule has 1 aromatic carbocycles. The molecule has 0 aliphatic carbocycles. The molecule has 0 spiro atoms. The molecule has 0 saturated heterocycles. The Morgan fingerprint density at radius 3 is 2.81 bits per heavy atom. The summed E-state index contributed by atoms with van der Waals surface area (Å²) < 4.78 is 2.03. The van der Waals surface area contributed by atoms with E-state index in [1.165, 1.54) is 49.9 Å². The standard InChI is InChI=1S/C18H25N3/c1-16-10-11-17-8-3-4-9-18(17)21(16)15-6-2-5-13-20-14-7-12-19-20/h3-4,7-9,12,14,16H,2,5-6,10-11,13,15H2,1H3. The third-order valence-corrected chi connectivity index (χ3v) is 4.51.